The van der Waals surface area contributed by atoms with Crippen molar-refractivity contribution in [1.29, 1.82) is 0 Å². The molecule has 2 N–H and O–H groups in total. The number of aliphatic hydroxyl groups excluding tert-OH is 2. The summed E-state index contributed by atoms with van der Waals surface area (Å²) in [5.41, 5.74) is 0. The molecule has 1 aliphatic rings. The molecular weight excluding hydrogens is 166 g/mol. The van der Waals surface area contributed by atoms with E-state index in [-0.39, 0.29) is 18.8 Å². The maximum absolute atomic E-state index is 9.32. The highest BCUT2D eigenvalue weighted by Gasteiger charge is 2.34. The van der Waals surface area contributed by atoms with Gasteiger partial charge in [-0.15, -0.1) is 0 Å². The molecule has 0 aromatic rings. The molecule has 1 heterocycles. The van der Waals surface area contributed by atoms with E-state index in [2.05, 4.69) is 29.3 Å². The van der Waals surface area contributed by atoms with Crippen LogP contribution in [0, 0.1) is 5.92 Å². The standard InChI is InChI=1S/C8H16O3.B2/c1-5(2)7-3-6(10)8(4-9)11-7;1-2/h5-10H,3-4H2,1-2H3;/t6-,7-,8-;/m1./s1. The van der Waals surface area contributed by atoms with E-state index < -0.39 is 6.10 Å². The Bertz CT molecular complexity index is 133. The minimum absolute atomic E-state index is 0.0790. The van der Waals surface area contributed by atoms with Crippen LogP contribution in [0.15, 0.2) is 0 Å². The van der Waals surface area contributed by atoms with Crippen LogP contribution in [0.4, 0.5) is 0 Å². The number of aliphatic hydroxyl groups is 2. The first-order valence-electron chi connectivity index (χ1n) is 4.43. The van der Waals surface area contributed by atoms with E-state index in [0.717, 1.165) is 0 Å². The first kappa shape index (κ1) is 13.0. The zero-order valence-electron chi connectivity index (χ0n) is 8.18. The monoisotopic (exact) mass is 182 g/mol. The highest BCUT2D eigenvalue weighted by molar-refractivity contribution is 6.75. The second-order valence-electron chi connectivity index (χ2n) is 3.44. The largest absolute Gasteiger partial charge is 0.394 e. The number of ether oxygens (including phenoxy) is 1. The predicted molar refractivity (Wildman–Crippen MR) is 52.7 cm³/mol. The molecule has 0 bridgehead atoms. The third kappa shape index (κ3) is 3.71. The van der Waals surface area contributed by atoms with Crippen molar-refractivity contribution in [3.05, 3.63) is 0 Å². The van der Waals surface area contributed by atoms with E-state index in [1.165, 1.54) is 0 Å². The molecule has 1 saturated heterocycles. The molecule has 0 saturated carbocycles. The van der Waals surface area contributed by atoms with Gasteiger partial charge in [0.15, 0.2) is 0 Å². The Kier molecular flexibility index (Phi) is 6.47. The molecule has 1 rings (SSSR count). The first-order chi connectivity index (χ1) is 6.15. The lowest BCUT2D eigenvalue weighted by atomic mass is 9.81. The lowest BCUT2D eigenvalue weighted by Crippen LogP contribution is -2.24. The minimum atomic E-state index is -0.479. The van der Waals surface area contributed by atoms with Crippen LogP contribution < -0.4 is 0 Å². The minimum Gasteiger partial charge on any atom is -0.394 e. The first-order valence-corrected chi connectivity index (χ1v) is 4.43. The molecule has 1 fully saturated rings. The quantitative estimate of drug-likeness (QED) is 0.560. The van der Waals surface area contributed by atoms with Crippen LogP contribution >= 0.6 is 0 Å². The van der Waals surface area contributed by atoms with Gasteiger partial charge in [-0.05, 0) is 5.92 Å². The van der Waals surface area contributed by atoms with Crippen LogP contribution in [-0.4, -0.2) is 50.6 Å². The number of rotatable bonds is 2. The summed E-state index contributed by atoms with van der Waals surface area (Å²) >= 11 is 0. The van der Waals surface area contributed by atoms with E-state index in [9.17, 15) is 5.11 Å². The van der Waals surface area contributed by atoms with Gasteiger partial charge < -0.3 is 14.9 Å². The molecule has 5 heteroatoms. The predicted octanol–water partition coefficient (Wildman–Crippen LogP) is -0.609. The van der Waals surface area contributed by atoms with Crippen LogP contribution in [0.1, 0.15) is 20.3 Å². The fourth-order valence-corrected chi connectivity index (χ4v) is 1.35. The maximum atomic E-state index is 9.32. The Morgan fingerprint density at radius 3 is 2.23 bits per heavy atom. The average Bonchev–Trinajstić information content (AvgIpc) is 2.50. The van der Waals surface area contributed by atoms with Crippen molar-refractivity contribution in [2.45, 2.75) is 38.6 Å². The molecule has 3 nitrogen and oxygen atoms in total. The smallest absolute Gasteiger partial charge is 0.107 e. The SMILES string of the molecule is CC(C)[C@H]1C[C@@H](O)[C@@H](CO)O1.[B][B]. The summed E-state index contributed by atoms with van der Waals surface area (Å²) in [7, 11) is 8.00. The molecule has 1 aliphatic heterocycles. The summed E-state index contributed by atoms with van der Waals surface area (Å²) in [5, 5.41) is 18.1. The normalized spacial score (nSPS) is 32.8. The van der Waals surface area contributed by atoms with Crippen LogP contribution in [-0.2, 0) is 4.74 Å². The summed E-state index contributed by atoms with van der Waals surface area (Å²) in [6, 6.07) is 0. The van der Waals surface area contributed by atoms with Crippen molar-refractivity contribution in [3.63, 3.8) is 0 Å². The maximum Gasteiger partial charge on any atom is 0.107 e. The Morgan fingerprint density at radius 2 is 2.00 bits per heavy atom. The van der Waals surface area contributed by atoms with Crippen LogP contribution in [0.2, 0.25) is 0 Å². The van der Waals surface area contributed by atoms with Crippen LogP contribution in [0.3, 0.4) is 0 Å². The zero-order valence-corrected chi connectivity index (χ0v) is 8.18. The zero-order chi connectivity index (χ0) is 10.4. The van der Waals surface area contributed by atoms with Crippen molar-refractivity contribution in [2.75, 3.05) is 6.61 Å². The van der Waals surface area contributed by atoms with E-state index in [0.29, 0.717) is 12.3 Å². The molecule has 0 aliphatic carbocycles. The Hall–Kier alpha value is 0.00987. The van der Waals surface area contributed by atoms with Gasteiger partial charge in [-0.1, -0.05) is 13.8 Å². The van der Waals surface area contributed by atoms with Gasteiger partial charge in [0.1, 0.15) is 6.10 Å². The van der Waals surface area contributed by atoms with E-state index >= 15 is 0 Å². The second kappa shape index (κ2) is 6.46. The molecule has 0 amide bonds. The van der Waals surface area contributed by atoms with Crippen LogP contribution in [0.5, 0.6) is 0 Å². The van der Waals surface area contributed by atoms with Crippen molar-refractivity contribution in [2.24, 2.45) is 5.92 Å². The van der Waals surface area contributed by atoms with Gasteiger partial charge in [-0.2, -0.15) is 0 Å². The van der Waals surface area contributed by atoms with Gasteiger partial charge in [0, 0.05) is 21.9 Å². The Morgan fingerprint density at radius 1 is 1.46 bits per heavy atom. The van der Waals surface area contributed by atoms with Gasteiger partial charge in [0.25, 0.3) is 0 Å². The van der Waals surface area contributed by atoms with Crippen LogP contribution in [0.25, 0.3) is 0 Å². The highest BCUT2D eigenvalue weighted by Crippen LogP contribution is 2.25. The topological polar surface area (TPSA) is 49.7 Å². The van der Waals surface area contributed by atoms with Crippen molar-refractivity contribution in [3.8, 4) is 0 Å². The lowest BCUT2D eigenvalue weighted by molar-refractivity contribution is -0.0335. The van der Waals surface area contributed by atoms with E-state index in [1.807, 2.05) is 0 Å². The van der Waals surface area contributed by atoms with Gasteiger partial charge in [0.05, 0.1) is 18.8 Å². The third-order valence-corrected chi connectivity index (χ3v) is 2.18. The van der Waals surface area contributed by atoms with Crippen molar-refractivity contribution in [1.82, 2.24) is 0 Å². The van der Waals surface area contributed by atoms with Gasteiger partial charge in [-0.25, -0.2) is 0 Å². The molecule has 72 valence electrons. The molecule has 0 aromatic heterocycles. The van der Waals surface area contributed by atoms with E-state index in [1.54, 1.807) is 0 Å². The molecule has 13 heavy (non-hydrogen) atoms. The molecule has 0 spiro atoms. The van der Waals surface area contributed by atoms with Gasteiger partial charge >= 0.3 is 0 Å². The van der Waals surface area contributed by atoms with Crippen molar-refractivity contribution < 1.29 is 14.9 Å². The molecule has 3 atom stereocenters. The summed E-state index contributed by atoms with van der Waals surface area (Å²) < 4.78 is 5.38. The summed E-state index contributed by atoms with van der Waals surface area (Å²) in [6.07, 6.45) is -0.0694. The molecule has 0 unspecified atom stereocenters. The molecule has 0 aromatic carbocycles. The Labute approximate surface area is 82.3 Å². The number of hydrogen-bond donors (Lipinski definition) is 2. The van der Waals surface area contributed by atoms with Gasteiger partial charge in [-0.3, -0.25) is 0 Å². The number of hydrogen-bond acceptors (Lipinski definition) is 3. The summed E-state index contributed by atoms with van der Waals surface area (Å²) in [4.78, 5) is 0. The third-order valence-electron chi connectivity index (χ3n) is 2.18. The van der Waals surface area contributed by atoms with Gasteiger partial charge in [0.2, 0.25) is 0 Å². The lowest BCUT2D eigenvalue weighted by Gasteiger charge is -2.14. The fraction of sp³-hybridized carbons (Fsp3) is 1.00. The average molecular weight is 182 g/mol. The molecule has 4 radical (unpaired) electrons. The fourth-order valence-electron chi connectivity index (χ4n) is 1.35. The van der Waals surface area contributed by atoms with Crippen molar-refractivity contribution >= 4 is 15.5 Å². The second-order valence-corrected chi connectivity index (χ2v) is 3.44. The Balaban J connectivity index is 0.000000671. The summed E-state index contributed by atoms with van der Waals surface area (Å²) in [6.45, 7) is 4.03. The highest BCUT2D eigenvalue weighted by atomic mass is 16.5. The van der Waals surface area contributed by atoms with E-state index in [4.69, 9.17) is 9.84 Å². The molecular formula is C8H16B2O3. The summed E-state index contributed by atoms with van der Waals surface area (Å²) in [5.74, 6) is 0.418.